The topological polar surface area (TPSA) is 55.6 Å². The first kappa shape index (κ1) is 17.5. The first-order valence-corrected chi connectivity index (χ1v) is 9.32. The molecule has 0 N–H and O–H groups in total. The first-order chi connectivity index (χ1) is 13.2. The lowest BCUT2D eigenvalue weighted by atomic mass is 10.1. The summed E-state index contributed by atoms with van der Waals surface area (Å²) in [6, 6.07) is 15.9. The molecule has 4 aromatic rings. The molecule has 0 saturated carbocycles. The third kappa shape index (κ3) is 3.17. The van der Waals surface area contributed by atoms with Crippen molar-refractivity contribution in [3.63, 3.8) is 0 Å². The highest BCUT2D eigenvalue weighted by molar-refractivity contribution is 6.17. The Hall–Kier alpha value is -2.86. The molecule has 0 atom stereocenters. The second-order valence-corrected chi connectivity index (χ2v) is 6.70. The Kier molecular flexibility index (Phi) is 4.81. The Labute approximate surface area is 162 Å². The molecule has 2 aromatic heterocycles. The molecular weight excluding hydrogens is 362 g/mol. The molecule has 7 heteroatoms. The molecule has 0 radical (unpaired) electrons. The number of hydrogen-bond donors (Lipinski definition) is 0. The van der Waals surface area contributed by atoms with Crippen molar-refractivity contribution in [3.05, 3.63) is 48.5 Å². The lowest BCUT2D eigenvalue weighted by molar-refractivity contribution is 0.415. The van der Waals surface area contributed by atoms with Gasteiger partial charge in [0, 0.05) is 35.8 Å². The van der Waals surface area contributed by atoms with Gasteiger partial charge in [-0.1, -0.05) is 24.3 Å². The number of halogens is 1. The number of alkyl halides is 1. The van der Waals surface area contributed by atoms with Crippen LogP contribution in [0.15, 0.2) is 48.5 Å². The van der Waals surface area contributed by atoms with E-state index in [0.717, 1.165) is 46.5 Å². The van der Waals surface area contributed by atoms with Crippen molar-refractivity contribution in [1.82, 2.24) is 19.8 Å². The normalized spacial score (nSPS) is 11.2. The van der Waals surface area contributed by atoms with Crippen LogP contribution in [0.25, 0.3) is 27.8 Å². The zero-order chi connectivity index (χ0) is 18.8. The molecule has 0 fully saturated rings. The van der Waals surface area contributed by atoms with E-state index in [0.29, 0.717) is 11.7 Å². The summed E-state index contributed by atoms with van der Waals surface area (Å²) in [7, 11) is 3.68. The highest BCUT2D eigenvalue weighted by Gasteiger charge is 2.17. The molecule has 0 aliphatic carbocycles. The quantitative estimate of drug-likeness (QED) is 0.472. The highest BCUT2D eigenvalue weighted by atomic mass is 35.5. The van der Waals surface area contributed by atoms with Gasteiger partial charge >= 0.3 is 0 Å². The molecule has 0 saturated heterocycles. The van der Waals surface area contributed by atoms with Crippen LogP contribution in [-0.4, -0.2) is 46.4 Å². The van der Waals surface area contributed by atoms with E-state index in [-0.39, 0.29) is 0 Å². The maximum atomic E-state index is 5.88. The van der Waals surface area contributed by atoms with Crippen LogP contribution >= 0.6 is 11.6 Å². The van der Waals surface area contributed by atoms with Gasteiger partial charge in [-0.15, -0.1) is 26.9 Å². The summed E-state index contributed by atoms with van der Waals surface area (Å²) >= 11 is 5.88. The number of methoxy groups -OCH3 is 1. The monoisotopic (exact) mass is 381 g/mol. The smallest absolute Gasteiger partial charge is 0.186 e. The van der Waals surface area contributed by atoms with Gasteiger partial charge in [-0.3, -0.25) is 0 Å². The second kappa shape index (κ2) is 7.40. The van der Waals surface area contributed by atoms with E-state index in [1.165, 1.54) is 0 Å². The van der Waals surface area contributed by atoms with Gasteiger partial charge in [0.2, 0.25) is 0 Å². The van der Waals surface area contributed by atoms with Crippen LogP contribution in [0.3, 0.4) is 0 Å². The molecule has 27 heavy (non-hydrogen) atoms. The third-order valence-corrected chi connectivity index (χ3v) is 4.85. The maximum Gasteiger partial charge on any atom is 0.186 e. The largest absolute Gasteiger partial charge is 0.497 e. The Morgan fingerprint density at radius 3 is 2.48 bits per heavy atom. The predicted molar refractivity (Wildman–Crippen MR) is 109 cm³/mol. The zero-order valence-corrected chi connectivity index (χ0v) is 16.0. The van der Waals surface area contributed by atoms with E-state index in [9.17, 15) is 0 Å². The van der Waals surface area contributed by atoms with Gasteiger partial charge in [0.15, 0.2) is 17.3 Å². The van der Waals surface area contributed by atoms with Crippen LogP contribution in [0.4, 0.5) is 5.82 Å². The molecule has 0 aliphatic heterocycles. The Morgan fingerprint density at radius 1 is 1.04 bits per heavy atom. The van der Waals surface area contributed by atoms with E-state index in [1.54, 1.807) is 7.11 Å². The number of hydrogen-bond acceptors (Lipinski definition) is 5. The van der Waals surface area contributed by atoms with Gasteiger partial charge in [-0.25, -0.2) is 0 Å². The standard InChI is InChI=1S/C20H20ClN5O/c1-25(13-5-12-21)20-17-7-4-3-6-16(17)19-23-22-18(26(19)24-20)14-8-10-15(27-2)11-9-14/h3-4,6-11H,5,12-13H2,1-2H3. The van der Waals surface area contributed by atoms with E-state index < -0.39 is 0 Å². The van der Waals surface area contributed by atoms with E-state index >= 15 is 0 Å². The van der Waals surface area contributed by atoms with Gasteiger partial charge in [0.1, 0.15) is 5.75 Å². The maximum absolute atomic E-state index is 5.88. The van der Waals surface area contributed by atoms with Crippen LogP contribution < -0.4 is 9.64 Å². The number of fused-ring (bicyclic) bond motifs is 3. The summed E-state index contributed by atoms with van der Waals surface area (Å²) in [4.78, 5) is 2.13. The van der Waals surface area contributed by atoms with E-state index in [4.69, 9.17) is 21.4 Å². The average Bonchev–Trinajstić information content (AvgIpc) is 3.15. The molecule has 4 rings (SSSR count). The van der Waals surface area contributed by atoms with Crippen LogP contribution in [0.1, 0.15) is 6.42 Å². The lowest BCUT2D eigenvalue weighted by Crippen LogP contribution is -2.21. The summed E-state index contributed by atoms with van der Waals surface area (Å²) in [5.41, 5.74) is 1.67. The lowest BCUT2D eigenvalue weighted by Gasteiger charge is -2.19. The van der Waals surface area contributed by atoms with Gasteiger partial charge in [-0.05, 0) is 30.7 Å². The fraction of sp³-hybridized carbons (Fsp3) is 0.250. The minimum absolute atomic E-state index is 0.619. The van der Waals surface area contributed by atoms with Crippen molar-refractivity contribution in [1.29, 1.82) is 0 Å². The SMILES string of the molecule is COc1ccc(-c2nnc3c4ccccc4c(N(C)CCCCl)nn23)cc1. The fourth-order valence-electron chi connectivity index (χ4n) is 3.17. The van der Waals surface area contributed by atoms with Crippen molar-refractivity contribution in [2.24, 2.45) is 0 Å². The van der Waals surface area contributed by atoms with Crippen molar-refractivity contribution >= 4 is 33.8 Å². The molecule has 2 aromatic carbocycles. The number of ether oxygens (including phenoxy) is 1. The fourth-order valence-corrected chi connectivity index (χ4v) is 3.29. The number of anilines is 1. The van der Waals surface area contributed by atoms with Crippen LogP contribution in [0, 0.1) is 0 Å². The molecule has 2 heterocycles. The second-order valence-electron chi connectivity index (χ2n) is 6.32. The molecule has 0 unspecified atom stereocenters. The average molecular weight is 382 g/mol. The molecule has 0 bridgehead atoms. The summed E-state index contributed by atoms with van der Waals surface area (Å²) in [6.45, 7) is 0.825. The molecule has 6 nitrogen and oxygen atoms in total. The molecule has 0 amide bonds. The van der Waals surface area contributed by atoms with Crippen molar-refractivity contribution in [2.45, 2.75) is 6.42 Å². The van der Waals surface area contributed by atoms with Crippen LogP contribution in [0.5, 0.6) is 5.75 Å². The number of benzene rings is 2. The van der Waals surface area contributed by atoms with Crippen molar-refractivity contribution in [2.75, 3.05) is 31.5 Å². The van der Waals surface area contributed by atoms with E-state index in [1.807, 2.05) is 48.0 Å². The Morgan fingerprint density at radius 2 is 1.78 bits per heavy atom. The van der Waals surface area contributed by atoms with Crippen LogP contribution in [-0.2, 0) is 0 Å². The number of nitrogens with zero attached hydrogens (tertiary/aromatic N) is 5. The zero-order valence-electron chi connectivity index (χ0n) is 15.3. The number of rotatable bonds is 6. The van der Waals surface area contributed by atoms with Crippen molar-refractivity contribution < 1.29 is 4.74 Å². The summed E-state index contributed by atoms with van der Waals surface area (Å²) in [6.07, 6.45) is 0.889. The van der Waals surface area contributed by atoms with Crippen molar-refractivity contribution in [3.8, 4) is 17.1 Å². The van der Waals surface area contributed by atoms with Gasteiger partial charge in [-0.2, -0.15) is 4.52 Å². The Bertz CT molecular complexity index is 1080. The summed E-state index contributed by atoms with van der Waals surface area (Å²) in [5.74, 6) is 3.00. The van der Waals surface area contributed by atoms with Gasteiger partial charge in [0.05, 0.1) is 7.11 Å². The predicted octanol–water partition coefficient (Wildman–Crippen LogP) is 4.02. The third-order valence-electron chi connectivity index (χ3n) is 4.58. The first-order valence-electron chi connectivity index (χ1n) is 8.78. The van der Waals surface area contributed by atoms with Gasteiger partial charge in [0.25, 0.3) is 0 Å². The molecule has 0 aliphatic rings. The summed E-state index contributed by atoms with van der Waals surface area (Å²) in [5, 5.41) is 15.8. The Balaban J connectivity index is 1.91. The number of aromatic nitrogens is 4. The summed E-state index contributed by atoms with van der Waals surface area (Å²) < 4.78 is 7.06. The molecular formula is C20H20ClN5O. The van der Waals surface area contributed by atoms with E-state index in [2.05, 4.69) is 27.2 Å². The minimum atomic E-state index is 0.619. The van der Waals surface area contributed by atoms with Crippen LogP contribution in [0.2, 0.25) is 0 Å². The minimum Gasteiger partial charge on any atom is -0.497 e. The molecule has 0 spiro atoms. The highest BCUT2D eigenvalue weighted by Crippen LogP contribution is 2.29. The van der Waals surface area contributed by atoms with Gasteiger partial charge < -0.3 is 9.64 Å². The molecule has 138 valence electrons.